The summed E-state index contributed by atoms with van der Waals surface area (Å²) in [6.45, 7) is 3.67. The zero-order valence-electron chi connectivity index (χ0n) is 10.1. The maximum atomic E-state index is 11.9. The van der Waals surface area contributed by atoms with Crippen molar-refractivity contribution >= 4 is 5.91 Å². The van der Waals surface area contributed by atoms with E-state index >= 15 is 0 Å². The number of H-pyrrole nitrogens is 1. The topological polar surface area (TPSA) is 82.2 Å². The number of aromatic nitrogens is 1. The molecular formula is C12H18N2O3. The largest absolute Gasteiger partial charge is 0.394 e. The number of rotatable bonds is 5. The fourth-order valence-corrected chi connectivity index (χ4v) is 1.58. The van der Waals surface area contributed by atoms with Crippen LogP contribution in [0, 0.1) is 0 Å². The summed E-state index contributed by atoms with van der Waals surface area (Å²) in [4.78, 5) is 25.4. The van der Waals surface area contributed by atoms with Gasteiger partial charge in [0.25, 0.3) is 5.91 Å². The molecule has 5 nitrogen and oxygen atoms in total. The van der Waals surface area contributed by atoms with Gasteiger partial charge in [0.15, 0.2) is 0 Å². The quantitative estimate of drug-likeness (QED) is 0.704. The van der Waals surface area contributed by atoms with Crippen LogP contribution < -0.4 is 10.9 Å². The molecule has 0 radical (unpaired) electrons. The van der Waals surface area contributed by atoms with Gasteiger partial charge in [0.05, 0.1) is 12.1 Å². The van der Waals surface area contributed by atoms with Crippen molar-refractivity contribution in [2.45, 2.75) is 32.2 Å². The summed E-state index contributed by atoms with van der Waals surface area (Å²) in [7, 11) is 0. The van der Waals surface area contributed by atoms with Gasteiger partial charge in [-0.3, -0.25) is 9.59 Å². The molecule has 0 aliphatic rings. The second-order valence-corrected chi connectivity index (χ2v) is 4.03. The van der Waals surface area contributed by atoms with Crippen molar-refractivity contribution in [1.29, 1.82) is 0 Å². The number of carbonyl (C=O) groups excluding carboxylic acids is 1. The van der Waals surface area contributed by atoms with Crippen LogP contribution in [-0.2, 0) is 0 Å². The molecule has 0 spiro atoms. The highest BCUT2D eigenvalue weighted by Gasteiger charge is 2.27. The summed E-state index contributed by atoms with van der Waals surface area (Å²) in [5.41, 5.74) is -0.735. The highest BCUT2D eigenvalue weighted by atomic mass is 16.3. The van der Waals surface area contributed by atoms with E-state index in [0.717, 1.165) is 0 Å². The maximum absolute atomic E-state index is 11.9. The van der Waals surface area contributed by atoms with E-state index in [0.29, 0.717) is 12.8 Å². The van der Waals surface area contributed by atoms with E-state index in [2.05, 4.69) is 10.3 Å². The number of aliphatic hydroxyl groups is 1. The van der Waals surface area contributed by atoms with Gasteiger partial charge in [0, 0.05) is 6.07 Å². The average Bonchev–Trinajstić information content (AvgIpc) is 2.36. The Labute approximate surface area is 99.9 Å². The van der Waals surface area contributed by atoms with Crippen LogP contribution in [0.4, 0.5) is 0 Å². The van der Waals surface area contributed by atoms with Crippen LogP contribution in [0.25, 0.3) is 0 Å². The Morgan fingerprint density at radius 2 is 2.06 bits per heavy atom. The number of hydrogen-bond acceptors (Lipinski definition) is 3. The standard InChI is InChI=1S/C12H18N2O3/c1-3-12(4-2,8-15)14-11(17)9-6-5-7-10(16)13-9/h5-7,15H,3-4,8H2,1-2H3,(H,13,16)(H,14,17). The van der Waals surface area contributed by atoms with Gasteiger partial charge in [0.1, 0.15) is 5.69 Å². The number of nitrogens with one attached hydrogen (secondary N) is 2. The third-order valence-corrected chi connectivity index (χ3v) is 3.05. The molecule has 0 saturated carbocycles. The van der Waals surface area contributed by atoms with Crippen molar-refractivity contribution in [2.24, 2.45) is 0 Å². The van der Waals surface area contributed by atoms with Gasteiger partial charge in [0.2, 0.25) is 5.56 Å². The fraction of sp³-hybridized carbons (Fsp3) is 0.500. The van der Waals surface area contributed by atoms with Crippen molar-refractivity contribution in [1.82, 2.24) is 10.3 Å². The van der Waals surface area contributed by atoms with Gasteiger partial charge >= 0.3 is 0 Å². The molecular weight excluding hydrogens is 220 g/mol. The van der Waals surface area contributed by atoms with Crippen molar-refractivity contribution in [3.05, 3.63) is 34.2 Å². The van der Waals surface area contributed by atoms with Crippen LogP contribution in [0.2, 0.25) is 0 Å². The first-order valence-corrected chi connectivity index (χ1v) is 5.69. The molecule has 0 unspecified atom stereocenters. The maximum Gasteiger partial charge on any atom is 0.268 e. The molecule has 0 aliphatic carbocycles. The monoisotopic (exact) mass is 238 g/mol. The fourth-order valence-electron chi connectivity index (χ4n) is 1.58. The van der Waals surface area contributed by atoms with E-state index in [1.165, 1.54) is 18.2 Å². The molecule has 0 aromatic carbocycles. The van der Waals surface area contributed by atoms with E-state index in [1.807, 2.05) is 13.8 Å². The van der Waals surface area contributed by atoms with Gasteiger partial charge in [-0.2, -0.15) is 0 Å². The van der Waals surface area contributed by atoms with E-state index in [9.17, 15) is 14.7 Å². The molecule has 3 N–H and O–H groups in total. The molecule has 5 heteroatoms. The van der Waals surface area contributed by atoms with Crippen molar-refractivity contribution in [3.63, 3.8) is 0 Å². The molecule has 94 valence electrons. The molecule has 0 aliphatic heterocycles. The average molecular weight is 238 g/mol. The van der Waals surface area contributed by atoms with Crippen molar-refractivity contribution in [3.8, 4) is 0 Å². The lowest BCUT2D eigenvalue weighted by Gasteiger charge is -2.30. The van der Waals surface area contributed by atoms with Crippen LogP contribution in [0.3, 0.4) is 0 Å². The SMILES string of the molecule is CCC(CC)(CO)NC(=O)c1cccc(=O)[nH]1. The summed E-state index contributed by atoms with van der Waals surface area (Å²) in [6.07, 6.45) is 1.26. The Kier molecular flexibility index (Phi) is 4.45. The second-order valence-electron chi connectivity index (χ2n) is 4.03. The van der Waals surface area contributed by atoms with E-state index in [-0.39, 0.29) is 23.8 Å². The molecule has 1 aromatic rings. The molecule has 17 heavy (non-hydrogen) atoms. The number of pyridine rings is 1. The van der Waals surface area contributed by atoms with Gasteiger partial charge in [-0.25, -0.2) is 0 Å². The summed E-state index contributed by atoms with van der Waals surface area (Å²) < 4.78 is 0. The molecule has 0 bridgehead atoms. The van der Waals surface area contributed by atoms with Gasteiger partial charge in [-0.05, 0) is 18.9 Å². The van der Waals surface area contributed by atoms with E-state index in [4.69, 9.17) is 0 Å². The molecule has 1 rings (SSSR count). The number of amides is 1. The summed E-state index contributed by atoms with van der Waals surface area (Å²) in [5, 5.41) is 12.1. The third kappa shape index (κ3) is 3.17. The first kappa shape index (κ1) is 13.4. The minimum absolute atomic E-state index is 0.122. The van der Waals surface area contributed by atoms with Gasteiger partial charge in [-0.15, -0.1) is 0 Å². The van der Waals surface area contributed by atoms with Crippen molar-refractivity contribution < 1.29 is 9.90 Å². The number of hydrogen-bond donors (Lipinski definition) is 3. The minimum Gasteiger partial charge on any atom is -0.394 e. The zero-order valence-corrected chi connectivity index (χ0v) is 10.1. The second kappa shape index (κ2) is 5.63. The zero-order chi connectivity index (χ0) is 12.9. The summed E-state index contributed by atoms with van der Waals surface area (Å²) in [6, 6.07) is 4.40. The predicted octanol–water partition coefficient (Wildman–Crippen LogP) is 0.656. The lowest BCUT2D eigenvalue weighted by atomic mass is 9.93. The van der Waals surface area contributed by atoms with Crippen LogP contribution in [0.15, 0.2) is 23.0 Å². The molecule has 1 heterocycles. The Bertz CT molecular complexity index is 427. The van der Waals surface area contributed by atoms with Crippen LogP contribution in [-0.4, -0.2) is 28.1 Å². The Morgan fingerprint density at radius 3 is 2.53 bits per heavy atom. The minimum atomic E-state index is -0.621. The number of carbonyl (C=O) groups is 1. The first-order chi connectivity index (χ1) is 8.06. The van der Waals surface area contributed by atoms with E-state index < -0.39 is 5.54 Å². The number of aromatic amines is 1. The first-order valence-electron chi connectivity index (χ1n) is 5.69. The highest BCUT2D eigenvalue weighted by molar-refractivity contribution is 5.92. The van der Waals surface area contributed by atoms with Crippen LogP contribution in [0.1, 0.15) is 37.2 Å². The molecule has 0 saturated heterocycles. The van der Waals surface area contributed by atoms with Gasteiger partial charge < -0.3 is 15.4 Å². The predicted molar refractivity (Wildman–Crippen MR) is 64.9 cm³/mol. The van der Waals surface area contributed by atoms with Gasteiger partial charge in [-0.1, -0.05) is 19.9 Å². The smallest absolute Gasteiger partial charge is 0.268 e. The Balaban J connectivity index is 2.88. The Morgan fingerprint density at radius 1 is 1.41 bits per heavy atom. The summed E-state index contributed by atoms with van der Waals surface area (Å²) in [5.74, 6) is -0.375. The molecule has 0 atom stereocenters. The van der Waals surface area contributed by atoms with E-state index in [1.54, 1.807) is 0 Å². The van der Waals surface area contributed by atoms with Crippen LogP contribution in [0.5, 0.6) is 0 Å². The molecule has 1 aromatic heterocycles. The lowest BCUT2D eigenvalue weighted by Crippen LogP contribution is -2.50. The molecule has 1 amide bonds. The summed E-state index contributed by atoms with van der Waals surface area (Å²) >= 11 is 0. The number of aliphatic hydroxyl groups excluding tert-OH is 1. The molecule has 0 fully saturated rings. The Hall–Kier alpha value is -1.62. The lowest BCUT2D eigenvalue weighted by molar-refractivity contribution is 0.0812. The van der Waals surface area contributed by atoms with Crippen molar-refractivity contribution in [2.75, 3.05) is 6.61 Å². The van der Waals surface area contributed by atoms with Crippen LogP contribution >= 0.6 is 0 Å². The third-order valence-electron chi connectivity index (χ3n) is 3.05. The normalized spacial score (nSPS) is 11.2. The highest BCUT2D eigenvalue weighted by Crippen LogP contribution is 2.14.